The molecule has 4 heteroatoms. The molecule has 0 aliphatic rings. The van der Waals surface area contributed by atoms with Crippen LogP contribution in [0.3, 0.4) is 0 Å². The van der Waals surface area contributed by atoms with E-state index < -0.39 is 5.97 Å². The second-order valence-electron chi connectivity index (χ2n) is 8.32. The number of benzene rings is 1. The Morgan fingerprint density at radius 2 is 1.42 bits per heavy atom. The molecule has 0 spiro atoms. The predicted octanol–water partition coefficient (Wildman–Crippen LogP) is 8.64. The number of unbranched alkanes of at least 4 members (excludes halogenated alkanes) is 5. The third kappa shape index (κ3) is 10.5. The van der Waals surface area contributed by atoms with Gasteiger partial charge in [0.25, 0.3) is 5.97 Å². The number of hydrogen-bond acceptors (Lipinski definition) is 3. The van der Waals surface area contributed by atoms with Crippen LogP contribution in [0.25, 0.3) is 0 Å². The lowest BCUT2D eigenvalue weighted by Crippen LogP contribution is -2.47. The summed E-state index contributed by atoms with van der Waals surface area (Å²) in [7, 11) is 0. The Balaban J connectivity index is 2.91. The molecule has 0 aliphatic heterocycles. The Bertz CT molecular complexity index is 546. The highest BCUT2D eigenvalue weighted by molar-refractivity contribution is 14.1. The number of ether oxygens (including phenoxy) is 3. The highest BCUT2D eigenvalue weighted by Gasteiger charge is 2.41. The summed E-state index contributed by atoms with van der Waals surface area (Å²) < 4.78 is 19.1. The number of rotatable bonds is 19. The Morgan fingerprint density at radius 3 is 2.00 bits per heavy atom. The second-order valence-corrected chi connectivity index (χ2v) is 9.82. The van der Waals surface area contributed by atoms with Crippen LogP contribution in [0.15, 0.2) is 24.3 Å². The number of aryl methyl sites for hydroxylation is 1. The van der Waals surface area contributed by atoms with E-state index in [9.17, 15) is 0 Å². The van der Waals surface area contributed by atoms with E-state index in [-0.39, 0.29) is 5.92 Å². The summed E-state index contributed by atoms with van der Waals surface area (Å²) in [6.07, 6.45) is 12.1. The Morgan fingerprint density at radius 1 is 0.806 bits per heavy atom. The molecule has 0 N–H and O–H groups in total. The molecule has 0 aliphatic carbocycles. The van der Waals surface area contributed by atoms with Crippen molar-refractivity contribution in [3.63, 3.8) is 0 Å². The van der Waals surface area contributed by atoms with E-state index in [1.165, 1.54) is 49.7 Å². The van der Waals surface area contributed by atoms with Gasteiger partial charge in [-0.05, 0) is 57.6 Å². The Hall–Kier alpha value is -0.170. The largest absolute Gasteiger partial charge is 0.328 e. The molecule has 3 nitrogen and oxygen atoms in total. The van der Waals surface area contributed by atoms with Crippen molar-refractivity contribution in [3.05, 3.63) is 35.4 Å². The summed E-state index contributed by atoms with van der Waals surface area (Å²) in [5.74, 6) is -0.696. The van der Waals surface area contributed by atoms with Gasteiger partial charge < -0.3 is 14.2 Å². The molecule has 0 fully saturated rings. The minimum atomic E-state index is -0.922. The quantitative estimate of drug-likeness (QED) is 0.0752. The average Bonchev–Trinajstić information content (AvgIpc) is 2.78. The standard InChI is InChI=1S/C27H47IO3/c1-6-11-12-13-14-15-19-25(27(29-8-3,30-9-4)31-10-5)21-20-23-17-16-18-24(22-23)26(28)7-2/h16-18,22,25-26H,6-15,19-21H2,1-5H3. The molecule has 0 heterocycles. The van der Waals surface area contributed by atoms with Gasteiger partial charge in [-0.15, -0.1) is 0 Å². The molecule has 2 unspecified atom stereocenters. The number of halogens is 1. The van der Waals surface area contributed by atoms with Gasteiger partial charge >= 0.3 is 0 Å². The lowest BCUT2D eigenvalue weighted by atomic mass is 9.90. The summed E-state index contributed by atoms with van der Waals surface area (Å²) in [6, 6.07) is 9.10. The lowest BCUT2D eigenvalue weighted by molar-refractivity contribution is -0.403. The van der Waals surface area contributed by atoms with Gasteiger partial charge in [-0.3, -0.25) is 0 Å². The molecule has 2 atom stereocenters. The zero-order valence-electron chi connectivity index (χ0n) is 20.8. The van der Waals surface area contributed by atoms with E-state index in [4.69, 9.17) is 14.2 Å². The lowest BCUT2D eigenvalue weighted by Gasteiger charge is -2.39. The second kappa shape index (κ2) is 17.3. The van der Waals surface area contributed by atoms with E-state index in [1.807, 2.05) is 20.8 Å². The first-order valence-corrected chi connectivity index (χ1v) is 14.0. The van der Waals surface area contributed by atoms with E-state index in [0.717, 1.165) is 25.7 Å². The van der Waals surface area contributed by atoms with Crippen molar-refractivity contribution in [1.29, 1.82) is 0 Å². The summed E-state index contributed by atoms with van der Waals surface area (Å²) >= 11 is 2.55. The van der Waals surface area contributed by atoms with Crippen LogP contribution in [-0.2, 0) is 20.6 Å². The number of alkyl halides is 1. The van der Waals surface area contributed by atoms with Crippen LogP contribution in [0.2, 0.25) is 0 Å². The van der Waals surface area contributed by atoms with Gasteiger partial charge in [0, 0.05) is 29.7 Å². The van der Waals surface area contributed by atoms with Crippen LogP contribution in [0.5, 0.6) is 0 Å². The minimum absolute atomic E-state index is 0.226. The Kier molecular flexibility index (Phi) is 16.1. The minimum Gasteiger partial charge on any atom is -0.328 e. The molecule has 0 bridgehead atoms. The Labute approximate surface area is 206 Å². The van der Waals surface area contributed by atoms with E-state index in [2.05, 4.69) is 60.7 Å². The molecule has 1 aromatic rings. The third-order valence-electron chi connectivity index (χ3n) is 5.90. The van der Waals surface area contributed by atoms with Crippen LogP contribution in [0, 0.1) is 5.92 Å². The molecule has 0 saturated heterocycles. The molecule has 31 heavy (non-hydrogen) atoms. The fraction of sp³-hybridized carbons (Fsp3) is 0.778. The van der Waals surface area contributed by atoms with Gasteiger partial charge in [0.1, 0.15) is 0 Å². The van der Waals surface area contributed by atoms with E-state index in [0.29, 0.717) is 23.7 Å². The average molecular weight is 547 g/mol. The molecule has 0 amide bonds. The van der Waals surface area contributed by atoms with Crippen molar-refractivity contribution >= 4 is 22.6 Å². The van der Waals surface area contributed by atoms with Gasteiger partial charge in [-0.2, -0.15) is 0 Å². The van der Waals surface area contributed by atoms with Crippen LogP contribution >= 0.6 is 22.6 Å². The summed E-state index contributed by atoms with van der Waals surface area (Å²) in [6.45, 7) is 12.4. The molecule has 1 aromatic carbocycles. The first-order valence-electron chi connectivity index (χ1n) is 12.7. The van der Waals surface area contributed by atoms with Crippen LogP contribution in [-0.4, -0.2) is 25.8 Å². The van der Waals surface area contributed by atoms with E-state index in [1.54, 1.807) is 0 Å². The van der Waals surface area contributed by atoms with Gasteiger partial charge in [-0.25, -0.2) is 0 Å². The van der Waals surface area contributed by atoms with Gasteiger partial charge in [0.2, 0.25) is 0 Å². The highest BCUT2D eigenvalue weighted by atomic mass is 127. The van der Waals surface area contributed by atoms with Gasteiger partial charge in [0.05, 0.1) is 0 Å². The molecule has 0 saturated carbocycles. The van der Waals surface area contributed by atoms with Crippen molar-refractivity contribution in [1.82, 2.24) is 0 Å². The molecule has 0 radical (unpaired) electrons. The van der Waals surface area contributed by atoms with Crippen LogP contribution in [0.1, 0.15) is 107 Å². The van der Waals surface area contributed by atoms with Crippen molar-refractivity contribution in [2.45, 2.75) is 109 Å². The van der Waals surface area contributed by atoms with Crippen LogP contribution < -0.4 is 0 Å². The predicted molar refractivity (Wildman–Crippen MR) is 141 cm³/mol. The van der Waals surface area contributed by atoms with Crippen molar-refractivity contribution in [2.75, 3.05) is 19.8 Å². The molecular formula is C27H47IO3. The van der Waals surface area contributed by atoms with E-state index >= 15 is 0 Å². The fourth-order valence-electron chi connectivity index (χ4n) is 4.27. The third-order valence-corrected chi connectivity index (χ3v) is 7.50. The summed E-state index contributed by atoms with van der Waals surface area (Å²) in [5, 5.41) is 0. The maximum Gasteiger partial charge on any atom is 0.285 e. The SMILES string of the molecule is CCCCCCCCC(CCc1cccc(C(I)CC)c1)C(OCC)(OCC)OCC. The maximum atomic E-state index is 6.19. The smallest absolute Gasteiger partial charge is 0.285 e. The molecule has 1 rings (SSSR count). The van der Waals surface area contributed by atoms with Crippen molar-refractivity contribution in [2.24, 2.45) is 5.92 Å². The first-order chi connectivity index (χ1) is 15.1. The molecule has 180 valence electrons. The zero-order chi connectivity index (χ0) is 23.0. The van der Waals surface area contributed by atoms with Crippen LogP contribution in [0.4, 0.5) is 0 Å². The monoisotopic (exact) mass is 546 g/mol. The fourth-order valence-corrected chi connectivity index (χ4v) is 4.66. The van der Waals surface area contributed by atoms with Gasteiger partial charge in [-0.1, -0.05) is 99.2 Å². The maximum absolute atomic E-state index is 6.19. The number of hydrogen-bond donors (Lipinski definition) is 0. The normalized spacial score (nSPS) is 14.0. The van der Waals surface area contributed by atoms with Crippen molar-refractivity contribution < 1.29 is 14.2 Å². The zero-order valence-corrected chi connectivity index (χ0v) is 22.9. The molecular weight excluding hydrogens is 499 g/mol. The van der Waals surface area contributed by atoms with Gasteiger partial charge in [0.15, 0.2) is 0 Å². The topological polar surface area (TPSA) is 27.7 Å². The summed E-state index contributed by atoms with van der Waals surface area (Å²) in [4.78, 5) is 0. The first kappa shape index (κ1) is 28.9. The summed E-state index contributed by atoms with van der Waals surface area (Å²) in [5.41, 5.74) is 2.83. The van der Waals surface area contributed by atoms with Crippen molar-refractivity contribution in [3.8, 4) is 0 Å². The molecule has 0 aromatic heterocycles. The highest BCUT2D eigenvalue weighted by Crippen LogP contribution is 2.35.